The first kappa shape index (κ1) is 34.6. The number of aliphatic hydroxyl groups is 2. The molecule has 0 radical (unpaired) electrons. The van der Waals surface area contributed by atoms with Crippen LogP contribution in [0.3, 0.4) is 0 Å². The van der Waals surface area contributed by atoms with Crippen LogP contribution in [-0.2, 0) is 19.1 Å². The van der Waals surface area contributed by atoms with Crippen LogP contribution >= 0.6 is 68.2 Å². The fourth-order valence-corrected chi connectivity index (χ4v) is 5.36. The number of thiol groups is 1. The molecule has 0 aliphatic carbocycles. The summed E-state index contributed by atoms with van der Waals surface area (Å²) >= 11 is 12.3. The molecule has 2 amide bonds. The topological polar surface area (TPSA) is 213 Å². The first-order valence-corrected chi connectivity index (χ1v) is 16.0. The summed E-state index contributed by atoms with van der Waals surface area (Å²) in [6.07, 6.45) is 2.26. The summed E-state index contributed by atoms with van der Waals surface area (Å²) in [5.74, 6) is 1.18. The molecule has 2 fully saturated rings. The standard InChI is InChI=1S/C10H12BrN3O4S.C8H11N3O3S.C2H4BrNOS/c11-3-7(16)12-6-1-2-14(10(17)13-6)8-5-19-9(4-15)18-8;9-5-1-2-11(8(13)10-5)6-4-15-7(3-12)14-6;3-1-2(5)4-6/h1-2,8-9,15H,3-5H2,(H,12,13,16,17);1-2,6-7,12H,3-4H2,(H2,9,10,13);6H,1H2,(H,4,5)/t8?,9-;6?,7-;/m00./s1. The van der Waals surface area contributed by atoms with Gasteiger partial charge in [-0.3, -0.25) is 18.7 Å². The molecule has 2 aromatic rings. The van der Waals surface area contributed by atoms with Crippen LogP contribution in [0.1, 0.15) is 12.5 Å². The lowest BCUT2D eigenvalue weighted by Crippen LogP contribution is -2.29. The molecule has 0 saturated carbocycles. The van der Waals surface area contributed by atoms with E-state index in [0.717, 1.165) is 0 Å². The highest BCUT2D eigenvalue weighted by atomic mass is 79.9. The molecule has 0 aromatic carbocycles. The third-order valence-corrected chi connectivity index (χ3v) is 8.19. The summed E-state index contributed by atoms with van der Waals surface area (Å²) in [6.45, 7) is -0.152. The number of nitrogens with one attached hydrogen (secondary N) is 2. The zero-order valence-electron chi connectivity index (χ0n) is 20.6. The van der Waals surface area contributed by atoms with Crippen LogP contribution in [0.25, 0.3) is 0 Å². The number of aliphatic hydroxyl groups excluding tert-OH is 2. The molecule has 15 nitrogen and oxygen atoms in total. The number of amides is 2. The van der Waals surface area contributed by atoms with E-state index in [2.05, 4.69) is 64.7 Å². The average Bonchev–Trinajstić information content (AvgIpc) is 3.63. The van der Waals surface area contributed by atoms with E-state index in [9.17, 15) is 19.2 Å². The Bertz CT molecular complexity index is 1240. The first-order chi connectivity index (χ1) is 19.1. The Hall–Kier alpha value is -1.65. The van der Waals surface area contributed by atoms with E-state index in [1.807, 2.05) is 0 Å². The van der Waals surface area contributed by atoms with E-state index in [4.69, 9.17) is 25.4 Å². The van der Waals surface area contributed by atoms with Crippen molar-refractivity contribution < 1.29 is 29.3 Å². The van der Waals surface area contributed by atoms with Gasteiger partial charge in [0.2, 0.25) is 11.8 Å². The maximum absolute atomic E-state index is 11.8. The number of carbonyl (C=O) groups excluding carboxylic acids is 2. The van der Waals surface area contributed by atoms with Crippen molar-refractivity contribution in [2.24, 2.45) is 0 Å². The van der Waals surface area contributed by atoms with E-state index >= 15 is 0 Å². The number of nitrogens with zero attached hydrogens (tertiary/aromatic N) is 4. The minimum absolute atomic E-state index is 0.0572. The molecule has 2 aromatic heterocycles. The maximum Gasteiger partial charge on any atom is 0.351 e. The lowest BCUT2D eigenvalue weighted by atomic mass is 10.5. The van der Waals surface area contributed by atoms with Crippen LogP contribution in [0.2, 0.25) is 0 Å². The molecule has 2 saturated heterocycles. The van der Waals surface area contributed by atoms with Crippen LogP contribution in [0, 0.1) is 0 Å². The summed E-state index contributed by atoms with van der Waals surface area (Å²) in [6, 6.07) is 3.07. The Labute approximate surface area is 258 Å². The smallest absolute Gasteiger partial charge is 0.351 e. The molecule has 2 unspecified atom stereocenters. The first-order valence-electron chi connectivity index (χ1n) is 11.2. The Balaban J connectivity index is 0.000000238. The van der Waals surface area contributed by atoms with Crippen molar-refractivity contribution >= 4 is 91.6 Å². The van der Waals surface area contributed by atoms with Gasteiger partial charge in [-0.15, -0.1) is 23.5 Å². The Kier molecular flexibility index (Phi) is 15.6. The van der Waals surface area contributed by atoms with E-state index < -0.39 is 17.6 Å². The van der Waals surface area contributed by atoms with Crippen LogP contribution in [-0.4, -0.2) is 87.4 Å². The summed E-state index contributed by atoms with van der Waals surface area (Å²) in [4.78, 5) is 51.7. The van der Waals surface area contributed by atoms with Gasteiger partial charge in [0.05, 0.1) is 23.9 Å². The average molecular weight is 749 g/mol. The predicted molar refractivity (Wildman–Crippen MR) is 162 cm³/mol. The highest BCUT2D eigenvalue weighted by Gasteiger charge is 2.28. The summed E-state index contributed by atoms with van der Waals surface area (Å²) in [7, 11) is 0. The molecule has 2 aliphatic heterocycles. The van der Waals surface area contributed by atoms with Gasteiger partial charge in [0.1, 0.15) is 35.0 Å². The molecule has 4 rings (SSSR count). The largest absolute Gasteiger partial charge is 0.393 e. The Morgan fingerprint density at radius 1 is 0.975 bits per heavy atom. The van der Waals surface area contributed by atoms with Gasteiger partial charge in [0.25, 0.3) is 0 Å². The highest BCUT2D eigenvalue weighted by molar-refractivity contribution is 9.09. The molecule has 2 aliphatic rings. The highest BCUT2D eigenvalue weighted by Crippen LogP contribution is 2.31. The molecule has 4 atom stereocenters. The van der Waals surface area contributed by atoms with Crippen molar-refractivity contribution in [2.45, 2.75) is 23.3 Å². The number of ether oxygens (including phenoxy) is 2. The number of nitrogens with two attached hydrogens (primary N) is 1. The van der Waals surface area contributed by atoms with Gasteiger partial charge in [0.15, 0.2) is 0 Å². The summed E-state index contributed by atoms with van der Waals surface area (Å²) in [5.41, 5.74) is 3.86. The summed E-state index contributed by atoms with van der Waals surface area (Å²) in [5, 5.41) is 20.8. The quantitative estimate of drug-likeness (QED) is 0.162. The molecule has 6 N–H and O–H groups in total. The third kappa shape index (κ3) is 11.0. The zero-order chi connectivity index (χ0) is 29.7. The second-order valence-corrected chi connectivity index (χ2v) is 11.2. The van der Waals surface area contributed by atoms with Crippen LogP contribution in [0.15, 0.2) is 34.1 Å². The Morgan fingerprint density at radius 3 is 1.85 bits per heavy atom. The van der Waals surface area contributed by atoms with Gasteiger partial charge in [0, 0.05) is 23.9 Å². The molecule has 222 valence electrons. The van der Waals surface area contributed by atoms with E-state index in [-0.39, 0.29) is 59.1 Å². The number of rotatable bonds is 7. The number of anilines is 2. The van der Waals surface area contributed by atoms with Gasteiger partial charge in [-0.25, -0.2) is 9.59 Å². The summed E-state index contributed by atoms with van der Waals surface area (Å²) < 4.78 is 15.7. The number of hydrogen-bond acceptors (Lipinski definition) is 14. The molecule has 0 spiro atoms. The number of halogens is 2. The minimum Gasteiger partial charge on any atom is -0.393 e. The number of hydrogen-bond donors (Lipinski definition) is 6. The SMILES string of the molecule is Nc1ccn(C2CS[C@@H](CO)O2)c(=O)n1.O=C(CBr)NS.O=C(CBr)Nc1ccn(C2CS[C@@H](CO)O2)c(=O)n1. The zero-order valence-corrected chi connectivity index (χ0v) is 26.3. The molecule has 0 bridgehead atoms. The normalized spacial score (nSPS) is 21.4. The van der Waals surface area contributed by atoms with Gasteiger partial charge < -0.3 is 35.5 Å². The van der Waals surface area contributed by atoms with Crippen LogP contribution in [0.4, 0.5) is 11.6 Å². The van der Waals surface area contributed by atoms with Crippen molar-refractivity contribution in [3.8, 4) is 0 Å². The maximum atomic E-state index is 11.8. The van der Waals surface area contributed by atoms with Crippen LogP contribution in [0.5, 0.6) is 0 Å². The van der Waals surface area contributed by atoms with E-state index in [1.165, 1.54) is 44.9 Å². The van der Waals surface area contributed by atoms with Crippen LogP contribution < -0.4 is 27.2 Å². The number of thioether (sulfide) groups is 2. The van der Waals surface area contributed by atoms with Crippen molar-refractivity contribution in [3.05, 3.63) is 45.5 Å². The third-order valence-electron chi connectivity index (χ3n) is 4.70. The fraction of sp³-hybridized carbons (Fsp3) is 0.500. The monoisotopic (exact) mass is 747 g/mol. The second-order valence-electron chi connectivity index (χ2n) is 7.47. The van der Waals surface area contributed by atoms with Gasteiger partial charge in [-0.2, -0.15) is 9.97 Å². The number of alkyl halides is 2. The van der Waals surface area contributed by atoms with E-state index in [1.54, 1.807) is 12.3 Å². The molecular formula is C20H27Br2N7O8S3. The second kappa shape index (κ2) is 18.0. The fourth-order valence-electron chi connectivity index (χ4n) is 2.92. The van der Waals surface area contributed by atoms with Crippen molar-refractivity contribution in [3.63, 3.8) is 0 Å². The lowest BCUT2D eigenvalue weighted by Gasteiger charge is -2.13. The lowest BCUT2D eigenvalue weighted by molar-refractivity contribution is -0.116. The van der Waals surface area contributed by atoms with Crippen molar-refractivity contribution in [2.75, 3.05) is 46.4 Å². The van der Waals surface area contributed by atoms with Crippen molar-refractivity contribution in [1.29, 1.82) is 0 Å². The minimum atomic E-state index is -0.503. The number of carbonyl (C=O) groups is 2. The number of nitrogen functional groups attached to an aromatic ring is 1. The van der Waals surface area contributed by atoms with E-state index in [0.29, 0.717) is 16.8 Å². The molecule has 40 heavy (non-hydrogen) atoms. The molecular weight excluding hydrogens is 722 g/mol. The van der Waals surface area contributed by atoms with Gasteiger partial charge in [-0.1, -0.05) is 44.7 Å². The predicted octanol–water partition coefficient (Wildman–Crippen LogP) is -0.0947. The van der Waals surface area contributed by atoms with Gasteiger partial charge in [-0.05, 0) is 12.1 Å². The molecule has 20 heteroatoms. The Morgan fingerprint density at radius 2 is 1.48 bits per heavy atom. The van der Waals surface area contributed by atoms with Crippen molar-refractivity contribution in [1.82, 2.24) is 23.8 Å². The van der Waals surface area contributed by atoms with Gasteiger partial charge >= 0.3 is 11.4 Å². The number of aromatic nitrogens is 4. The molecule has 4 heterocycles.